The summed E-state index contributed by atoms with van der Waals surface area (Å²) in [6.45, 7) is 7.90. The SMILES string of the molecule is CN(CC1CC(C(C)(C)C)NN1)C(=O)C1COc2ccccc2C1. The van der Waals surface area contributed by atoms with Crippen molar-refractivity contribution < 1.29 is 9.53 Å². The lowest BCUT2D eigenvalue weighted by Gasteiger charge is -2.29. The van der Waals surface area contributed by atoms with Crippen LogP contribution in [0.1, 0.15) is 32.8 Å². The molecule has 5 nitrogen and oxygen atoms in total. The number of fused-ring (bicyclic) bond motifs is 1. The van der Waals surface area contributed by atoms with Crippen LogP contribution in [-0.2, 0) is 11.2 Å². The van der Waals surface area contributed by atoms with Gasteiger partial charge < -0.3 is 9.64 Å². The molecule has 0 bridgehead atoms. The number of carbonyl (C=O) groups excluding carboxylic acids is 1. The van der Waals surface area contributed by atoms with Crippen molar-refractivity contribution in [2.45, 2.75) is 45.7 Å². The number of nitrogens with zero attached hydrogens (tertiary/aromatic N) is 1. The summed E-state index contributed by atoms with van der Waals surface area (Å²) in [5, 5.41) is 0. The van der Waals surface area contributed by atoms with Gasteiger partial charge in [-0.2, -0.15) is 0 Å². The van der Waals surface area contributed by atoms with Crippen molar-refractivity contribution in [1.82, 2.24) is 15.8 Å². The van der Waals surface area contributed by atoms with E-state index >= 15 is 0 Å². The van der Waals surface area contributed by atoms with E-state index in [4.69, 9.17) is 4.74 Å². The molecular weight excluding hydrogens is 302 g/mol. The molecule has 2 heterocycles. The smallest absolute Gasteiger partial charge is 0.229 e. The third kappa shape index (κ3) is 3.73. The van der Waals surface area contributed by atoms with Crippen molar-refractivity contribution in [2.24, 2.45) is 11.3 Å². The highest BCUT2D eigenvalue weighted by Gasteiger charge is 2.34. The zero-order valence-electron chi connectivity index (χ0n) is 15.1. The maximum absolute atomic E-state index is 12.8. The molecule has 2 N–H and O–H groups in total. The predicted octanol–water partition coefficient (Wildman–Crippen LogP) is 1.98. The van der Waals surface area contributed by atoms with Crippen LogP contribution >= 0.6 is 0 Å². The zero-order chi connectivity index (χ0) is 17.3. The quantitative estimate of drug-likeness (QED) is 0.889. The molecule has 1 aromatic rings. The normalized spacial score (nSPS) is 26.6. The van der Waals surface area contributed by atoms with E-state index < -0.39 is 0 Å². The van der Waals surface area contributed by atoms with Gasteiger partial charge in [0.15, 0.2) is 0 Å². The van der Waals surface area contributed by atoms with Crippen molar-refractivity contribution in [3.63, 3.8) is 0 Å². The number of carbonyl (C=O) groups is 1. The highest BCUT2D eigenvalue weighted by Crippen LogP contribution is 2.28. The van der Waals surface area contributed by atoms with Crippen LogP contribution in [0.5, 0.6) is 5.75 Å². The number of para-hydroxylation sites is 1. The van der Waals surface area contributed by atoms with E-state index in [1.807, 2.05) is 36.2 Å². The maximum atomic E-state index is 12.8. The Kier molecular flexibility index (Phi) is 4.83. The number of hydrazine groups is 1. The summed E-state index contributed by atoms with van der Waals surface area (Å²) in [6.07, 6.45) is 1.80. The molecule has 132 valence electrons. The standard InChI is InChI=1S/C19H29N3O2/c1-19(2,3)17-10-15(20-21-17)11-22(4)18(23)14-9-13-7-5-6-8-16(13)24-12-14/h5-8,14-15,17,20-21H,9-12H2,1-4H3. The molecule has 0 aliphatic carbocycles. The van der Waals surface area contributed by atoms with Crippen LogP contribution in [0.25, 0.3) is 0 Å². The molecule has 1 fully saturated rings. The molecular formula is C19H29N3O2. The van der Waals surface area contributed by atoms with Gasteiger partial charge in [0.1, 0.15) is 12.4 Å². The summed E-state index contributed by atoms with van der Waals surface area (Å²) in [5.74, 6) is 1.00. The van der Waals surface area contributed by atoms with Crippen molar-refractivity contribution in [3.8, 4) is 5.75 Å². The maximum Gasteiger partial charge on any atom is 0.229 e. The van der Waals surface area contributed by atoms with Crippen LogP contribution in [0.2, 0.25) is 0 Å². The second-order valence-corrected chi connectivity index (χ2v) is 8.18. The van der Waals surface area contributed by atoms with E-state index in [2.05, 4.69) is 31.6 Å². The zero-order valence-corrected chi connectivity index (χ0v) is 15.1. The minimum atomic E-state index is -0.0855. The molecule has 0 radical (unpaired) electrons. The number of hydrogen-bond donors (Lipinski definition) is 2. The largest absolute Gasteiger partial charge is 0.492 e. The number of hydrogen-bond acceptors (Lipinski definition) is 4. The van der Waals surface area contributed by atoms with Crippen molar-refractivity contribution in [1.29, 1.82) is 0 Å². The minimum absolute atomic E-state index is 0.0855. The lowest BCUT2D eigenvalue weighted by molar-refractivity contribution is -0.135. The van der Waals surface area contributed by atoms with E-state index in [1.54, 1.807) is 0 Å². The van der Waals surface area contributed by atoms with Gasteiger partial charge in [0.2, 0.25) is 5.91 Å². The number of ether oxygens (including phenoxy) is 1. The summed E-state index contributed by atoms with van der Waals surface area (Å²) in [6, 6.07) is 8.71. The van der Waals surface area contributed by atoms with Gasteiger partial charge in [0, 0.05) is 25.7 Å². The van der Waals surface area contributed by atoms with Crippen LogP contribution in [0, 0.1) is 11.3 Å². The molecule has 1 aromatic carbocycles. The predicted molar refractivity (Wildman–Crippen MR) is 94.7 cm³/mol. The fraction of sp³-hybridized carbons (Fsp3) is 0.632. The fourth-order valence-electron chi connectivity index (χ4n) is 3.53. The Labute approximate surface area is 144 Å². The Morgan fingerprint density at radius 1 is 1.29 bits per heavy atom. The molecule has 1 saturated heterocycles. The van der Waals surface area contributed by atoms with Crippen molar-refractivity contribution in [3.05, 3.63) is 29.8 Å². The van der Waals surface area contributed by atoms with Crippen LogP contribution < -0.4 is 15.6 Å². The van der Waals surface area contributed by atoms with E-state index in [9.17, 15) is 4.79 Å². The monoisotopic (exact) mass is 331 g/mol. The molecule has 5 heteroatoms. The molecule has 24 heavy (non-hydrogen) atoms. The third-order valence-corrected chi connectivity index (χ3v) is 5.13. The van der Waals surface area contributed by atoms with E-state index in [-0.39, 0.29) is 17.2 Å². The number of rotatable bonds is 3. The average molecular weight is 331 g/mol. The topological polar surface area (TPSA) is 53.6 Å². The first-order chi connectivity index (χ1) is 11.3. The molecule has 2 aliphatic heterocycles. The Balaban J connectivity index is 1.55. The summed E-state index contributed by atoms with van der Waals surface area (Å²) in [5.41, 5.74) is 8.06. The summed E-state index contributed by atoms with van der Waals surface area (Å²) in [7, 11) is 1.90. The average Bonchev–Trinajstić information content (AvgIpc) is 3.02. The van der Waals surface area contributed by atoms with Crippen LogP contribution in [0.15, 0.2) is 24.3 Å². The molecule has 1 amide bonds. The fourth-order valence-corrected chi connectivity index (χ4v) is 3.53. The lowest BCUT2D eigenvalue weighted by atomic mass is 9.84. The first-order valence-corrected chi connectivity index (χ1v) is 8.81. The Morgan fingerprint density at radius 3 is 2.75 bits per heavy atom. The van der Waals surface area contributed by atoms with E-state index in [0.717, 1.165) is 30.7 Å². The second-order valence-electron chi connectivity index (χ2n) is 8.18. The molecule has 0 aromatic heterocycles. The highest BCUT2D eigenvalue weighted by molar-refractivity contribution is 5.79. The minimum Gasteiger partial charge on any atom is -0.492 e. The van der Waals surface area contributed by atoms with Crippen molar-refractivity contribution in [2.75, 3.05) is 20.2 Å². The first-order valence-electron chi connectivity index (χ1n) is 8.81. The van der Waals surface area contributed by atoms with E-state index in [0.29, 0.717) is 18.7 Å². The third-order valence-electron chi connectivity index (χ3n) is 5.13. The Bertz CT molecular complexity index is 597. The number of likely N-dealkylation sites (N-methyl/N-ethyl adjacent to an activating group) is 1. The number of amides is 1. The summed E-state index contributed by atoms with van der Waals surface area (Å²) in [4.78, 5) is 14.6. The van der Waals surface area contributed by atoms with Gasteiger partial charge in [-0.3, -0.25) is 15.6 Å². The van der Waals surface area contributed by atoms with Crippen LogP contribution in [0.3, 0.4) is 0 Å². The summed E-state index contributed by atoms with van der Waals surface area (Å²) >= 11 is 0. The number of benzene rings is 1. The van der Waals surface area contributed by atoms with Gasteiger partial charge in [-0.15, -0.1) is 0 Å². The van der Waals surface area contributed by atoms with Gasteiger partial charge in [-0.05, 0) is 29.9 Å². The number of nitrogens with one attached hydrogen (secondary N) is 2. The van der Waals surface area contributed by atoms with Crippen molar-refractivity contribution >= 4 is 5.91 Å². The molecule has 3 atom stereocenters. The molecule has 2 aliphatic rings. The van der Waals surface area contributed by atoms with Gasteiger partial charge in [-0.1, -0.05) is 39.0 Å². The Hall–Kier alpha value is -1.59. The van der Waals surface area contributed by atoms with Gasteiger partial charge in [0.05, 0.1) is 5.92 Å². The van der Waals surface area contributed by atoms with Gasteiger partial charge in [-0.25, -0.2) is 0 Å². The van der Waals surface area contributed by atoms with Gasteiger partial charge in [0.25, 0.3) is 0 Å². The lowest BCUT2D eigenvalue weighted by Crippen LogP contribution is -2.45. The van der Waals surface area contributed by atoms with Crippen LogP contribution in [0.4, 0.5) is 0 Å². The molecule has 0 spiro atoms. The van der Waals surface area contributed by atoms with Gasteiger partial charge >= 0.3 is 0 Å². The second kappa shape index (κ2) is 6.73. The molecule has 0 saturated carbocycles. The first kappa shape index (κ1) is 17.2. The Morgan fingerprint density at radius 2 is 2.04 bits per heavy atom. The van der Waals surface area contributed by atoms with Crippen LogP contribution in [-0.4, -0.2) is 43.1 Å². The molecule has 3 unspecified atom stereocenters. The molecule has 3 rings (SSSR count). The van der Waals surface area contributed by atoms with E-state index in [1.165, 1.54) is 0 Å². The highest BCUT2D eigenvalue weighted by atomic mass is 16.5. The summed E-state index contributed by atoms with van der Waals surface area (Å²) < 4.78 is 5.76.